The molecule has 0 aromatic heterocycles. The third kappa shape index (κ3) is 54.2. The van der Waals surface area contributed by atoms with Gasteiger partial charge in [-0.25, -0.2) is 0 Å². The van der Waals surface area contributed by atoms with Gasteiger partial charge in [0.2, 0.25) is 0 Å². The summed E-state index contributed by atoms with van der Waals surface area (Å²) in [6.45, 7) is 6.58. The molecule has 0 aromatic rings. The van der Waals surface area contributed by atoms with Crippen LogP contribution in [-0.4, -0.2) is 37.2 Å². The maximum atomic E-state index is 12.8. The lowest BCUT2D eigenvalue weighted by molar-refractivity contribution is -0.167. The Balaban J connectivity index is 4.27. The van der Waals surface area contributed by atoms with Crippen LogP contribution < -0.4 is 0 Å². The van der Waals surface area contributed by atoms with E-state index in [0.717, 1.165) is 89.9 Å². The first-order valence-electron chi connectivity index (χ1n) is 29.1. The third-order valence-corrected chi connectivity index (χ3v) is 12.8. The minimum absolute atomic E-state index is 0.0803. The second kappa shape index (κ2) is 56.0. The van der Waals surface area contributed by atoms with Crippen molar-refractivity contribution in [2.75, 3.05) is 13.2 Å². The van der Waals surface area contributed by atoms with Crippen LogP contribution in [0.3, 0.4) is 0 Å². The van der Waals surface area contributed by atoms with Gasteiger partial charge in [0.25, 0.3) is 0 Å². The average molecular weight is 940 g/mol. The normalized spacial score (nSPS) is 12.3. The topological polar surface area (TPSA) is 78.9 Å². The molecule has 0 saturated heterocycles. The quantitative estimate of drug-likeness (QED) is 0.0262. The van der Waals surface area contributed by atoms with E-state index in [2.05, 4.69) is 69.4 Å². The Morgan fingerprint density at radius 2 is 0.552 bits per heavy atom. The minimum Gasteiger partial charge on any atom is -0.462 e. The van der Waals surface area contributed by atoms with Gasteiger partial charge in [0.15, 0.2) is 6.10 Å². The smallest absolute Gasteiger partial charge is 0.306 e. The molecule has 6 heteroatoms. The zero-order chi connectivity index (χ0) is 48.6. The van der Waals surface area contributed by atoms with Crippen LogP contribution in [0.2, 0.25) is 0 Å². The van der Waals surface area contributed by atoms with Crippen LogP contribution >= 0.6 is 0 Å². The summed E-state index contributed by atoms with van der Waals surface area (Å²) in [6.07, 6.45) is 68.2. The van der Waals surface area contributed by atoms with Crippen molar-refractivity contribution in [3.05, 3.63) is 48.6 Å². The number of hydrogen-bond donors (Lipinski definition) is 0. The summed E-state index contributed by atoms with van der Waals surface area (Å²) in [6, 6.07) is 0. The van der Waals surface area contributed by atoms with Crippen LogP contribution in [-0.2, 0) is 28.6 Å². The standard InChI is InChI=1S/C61H110O6/c1-4-7-10-13-16-19-22-25-27-28-29-30-31-32-33-34-35-37-39-42-45-48-51-54-60(63)66-57-58(56-65-59(62)53-50-47-44-41-38-24-21-18-15-12-9-6-3)67-61(64)55-52-49-46-43-40-36-26-23-20-17-14-11-8-5-2/h14,17-18,21,23,26,28-29,58H,4-13,15-16,19-20,22,24-25,27,30-57H2,1-3H3/b17-14-,21-18-,26-23-,29-28-. The molecule has 0 radical (unpaired) electrons. The van der Waals surface area contributed by atoms with E-state index in [1.54, 1.807) is 0 Å². The van der Waals surface area contributed by atoms with E-state index in [4.69, 9.17) is 14.2 Å². The van der Waals surface area contributed by atoms with Gasteiger partial charge in [0.05, 0.1) is 0 Å². The van der Waals surface area contributed by atoms with Crippen molar-refractivity contribution >= 4 is 17.9 Å². The van der Waals surface area contributed by atoms with Gasteiger partial charge in [-0.1, -0.05) is 236 Å². The highest BCUT2D eigenvalue weighted by atomic mass is 16.6. The highest BCUT2D eigenvalue weighted by molar-refractivity contribution is 5.71. The Kier molecular flexibility index (Phi) is 53.8. The lowest BCUT2D eigenvalue weighted by atomic mass is 10.0. The number of allylic oxidation sites excluding steroid dienone is 8. The second-order valence-electron chi connectivity index (χ2n) is 19.5. The fourth-order valence-electron chi connectivity index (χ4n) is 8.33. The molecule has 1 atom stereocenters. The molecule has 0 rings (SSSR count). The third-order valence-electron chi connectivity index (χ3n) is 12.8. The molecule has 0 aromatic carbocycles. The Morgan fingerprint density at radius 1 is 0.299 bits per heavy atom. The molecule has 0 bridgehead atoms. The number of carbonyl (C=O) groups excluding carboxylic acids is 3. The van der Waals surface area contributed by atoms with Crippen molar-refractivity contribution < 1.29 is 28.6 Å². The van der Waals surface area contributed by atoms with Crippen molar-refractivity contribution in [1.82, 2.24) is 0 Å². The first-order valence-corrected chi connectivity index (χ1v) is 29.1. The summed E-state index contributed by atoms with van der Waals surface area (Å²) in [7, 11) is 0. The van der Waals surface area contributed by atoms with Crippen molar-refractivity contribution in [1.29, 1.82) is 0 Å². The van der Waals surface area contributed by atoms with Crippen LogP contribution in [0.4, 0.5) is 0 Å². The molecule has 0 aliphatic carbocycles. The molecule has 0 amide bonds. The van der Waals surface area contributed by atoms with Crippen molar-refractivity contribution in [3.8, 4) is 0 Å². The van der Waals surface area contributed by atoms with Gasteiger partial charge < -0.3 is 14.2 Å². The predicted octanol–water partition coefficient (Wildman–Crippen LogP) is 19.4. The van der Waals surface area contributed by atoms with E-state index in [1.165, 1.54) is 173 Å². The molecule has 0 saturated carbocycles. The van der Waals surface area contributed by atoms with Crippen LogP contribution in [0.25, 0.3) is 0 Å². The molecule has 6 nitrogen and oxygen atoms in total. The van der Waals surface area contributed by atoms with Crippen LogP contribution in [0.1, 0.15) is 303 Å². The molecular formula is C61H110O6. The summed E-state index contributed by atoms with van der Waals surface area (Å²) in [5.74, 6) is -0.893. The Bertz CT molecular complexity index is 1170. The van der Waals surface area contributed by atoms with Gasteiger partial charge >= 0.3 is 17.9 Å². The summed E-state index contributed by atoms with van der Waals surface area (Å²) in [4.78, 5) is 38.1. The second-order valence-corrected chi connectivity index (χ2v) is 19.5. The average Bonchev–Trinajstić information content (AvgIpc) is 3.33. The van der Waals surface area contributed by atoms with E-state index < -0.39 is 6.10 Å². The van der Waals surface area contributed by atoms with Crippen molar-refractivity contribution in [2.24, 2.45) is 0 Å². The highest BCUT2D eigenvalue weighted by Crippen LogP contribution is 2.16. The van der Waals surface area contributed by atoms with Gasteiger partial charge in [-0.05, 0) is 96.3 Å². The van der Waals surface area contributed by atoms with Crippen LogP contribution in [0.15, 0.2) is 48.6 Å². The van der Waals surface area contributed by atoms with Gasteiger partial charge in [-0.2, -0.15) is 0 Å². The summed E-state index contributed by atoms with van der Waals surface area (Å²) >= 11 is 0. The zero-order valence-electron chi connectivity index (χ0n) is 44.7. The molecule has 0 aliphatic rings. The van der Waals surface area contributed by atoms with E-state index in [9.17, 15) is 14.4 Å². The van der Waals surface area contributed by atoms with Crippen LogP contribution in [0.5, 0.6) is 0 Å². The SMILES string of the molecule is CCCC/C=C\C/C=C\CCCCCCCC(=O)OC(COC(=O)CCCCCCC/C=C\CCCCC)COC(=O)CCCCCCCCCCCCC/C=C\CCCCCCCCCC. The molecule has 0 fully saturated rings. The van der Waals surface area contributed by atoms with E-state index in [-0.39, 0.29) is 31.1 Å². The number of hydrogen-bond acceptors (Lipinski definition) is 6. The first-order chi connectivity index (χ1) is 33.0. The van der Waals surface area contributed by atoms with Gasteiger partial charge in [-0.15, -0.1) is 0 Å². The number of ether oxygens (including phenoxy) is 3. The largest absolute Gasteiger partial charge is 0.462 e. The highest BCUT2D eigenvalue weighted by Gasteiger charge is 2.19. The lowest BCUT2D eigenvalue weighted by Gasteiger charge is -2.18. The molecule has 0 aliphatic heterocycles. The van der Waals surface area contributed by atoms with Gasteiger partial charge in [-0.3, -0.25) is 14.4 Å². The summed E-state index contributed by atoms with van der Waals surface area (Å²) < 4.78 is 16.8. The van der Waals surface area contributed by atoms with E-state index in [1.807, 2.05) is 0 Å². The molecular weight excluding hydrogens is 829 g/mol. The minimum atomic E-state index is -0.782. The number of unbranched alkanes of at least 4 members (excludes halogenated alkanes) is 34. The maximum absolute atomic E-state index is 12.8. The van der Waals surface area contributed by atoms with E-state index in [0.29, 0.717) is 19.3 Å². The molecule has 0 spiro atoms. The molecule has 67 heavy (non-hydrogen) atoms. The van der Waals surface area contributed by atoms with Gasteiger partial charge in [0.1, 0.15) is 13.2 Å². The maximum Gasteiger partial charge on any atom is 0.306 e. The van der Waals surface area contributed by atoms with Crippen molar-refractivity contribution in [2.45, 2.75) is 309 Å². The number of carbonyl (C=O) groups is 3. The number of rotatable bonds is 53. The molecule has 0 heterocycles. The Labute approximate surface area is 416 Å². The monoisotopic (exact) mass is 939 g/mol. The molecule has 1 unspecified atom stereocenters. The van der Waals surface area contributed by atoms with E-state index >= 15 is 0 Å². The first kappa shape index (κ1) is 64.4. The fourth-order valence-corrected chi connectivity index (χ4v) is 8.33. The summed E-state index contributed by atoms with van der Waals surface area (Å²) in [5, 5.41) is 0. The van der Waals surface area contributed by atoms with Gasteiger partial charge in [0, 0.05) is 19.3 Å². The molecule has 390 valence electrons. The lowest BCUT2D eigenvalue weighted by Crippen LogP contribution is -2.30. The summed E-state index contributed by atoms with van der Waals surface area (Å²) in [5.41, 5.74) is 0. The van der Waals surface area contributed by atoms with Crippen molar-refractivity contribution in [3.63, 3.8) is 0 Å². The fraction of sp³-hybridized carbons (Fsp3) is 0.820. The van der Waals surface area contributed by atoms with Crippen LogP contribution in [0, 0.1) is 0 Å². The Hall–Kier alpha value is -2.63. The predicted molar refractivity (Wildman–Crippen MR) is 289 cm³/mol. The zero-order valence-corrected chi connectivity index (χ0v) is 44.7. The molecule has 0 N–H and O–H groups in total. The number of esters is 3. The Morgan fingerprint density at radius 3 is 0.910 bits per heavy atom.